The van der Waals surface area contributed by atoms with Gasteiger partial charge < -0.3 is 20.0 Å². The summed E-state index contributed by atoms with van der Waals surface area (Å²) >= 11 is 5.31. The lowest BCUT2D eigenvalue weighted by Crippen LogP contribution is -2.34. The van der Waals surface area contributed by atoms with Crippen LogP contribution in [-0.4, -0.2) is 46.0 Å². The fourth-order valence-electron chi connectivity index (χ4n) is 4.66. The molecule has 0 bridgehead atoms. The summed E-state index contributed by atoms with van der Waals surface area (Å²) in [6.45, 7) is 3.56. The SMILES string of the molecule is Fc1ccc([C@@H]2C[C@@H](N3C=CN(CCN4CCNC4=S)C=C3)c3cc(F)ccc32)cc1. The van der Waals surface area contributed by atoms with Crippen LogP contribution in [0.15, 0.2) is 67.3 Å². The number of halogens is 2. The summed E-state index contributed by atoms with van der Waals surface area (Å²) in [5.41, 5.74) is 3.15. The maximum Gasteiger partial charge on any atom is 0.169 e. The van der Waals surface area contributed by atoms with E-state index in [4.69, 9.17) is 12.2 Å². The van der Waals surface area contributed by atoms with Gasteiger partial charge in [-0.1, -0.05) is 18.2 Å². The minimum absolute atomic E-state index is 0.0331. The Hall–Kier alpha value is -2.93. The van der Waals surface area contributed by atoms with Crippen molar-refractivity contribution < 1.29 is 8.78 Å². The second-order valence-corrected chi connectivity index (χ2v) is 8.52. The summed E-state index contributed by atoms with van der Waals surface area (Å²) < 4.78 is 27.5. The van der Waals surface area contributed by atoms with Crippen molar-refractivity contribution in [2.24, 2.45) is 0 Å². The van der Waals surface area contributed by atoms with Crippen LogP contribution in [0.4, 0.5) is 8.78 Å². The number of fused-ring (bicyclic) bond motifs is 1. The van der Waals surface area contributed by atoms with E-state index < -0.39 is 0 Å². The molecule has 5 rings (SSSR count). The molecule has 2 atom stereocenters. The van der Waals surface area contributed by atoms with Gasteiger partial charge in [-0.3, -0.25) is 0 Å². The first kappa shape index (κ1) is 20.0. The van der Waals surface area contributed by atoms with Gasteiger partial charge in [-0.05, 0) is 59.6 Å². The lowest BCUT2D eigenvalue weighted by molar-refractivity contribution is 0.324. The Morgan fingerprint density at radius 1 is 0.903 bits per heavy atom. The molecular formula is C24H24F2N4S. The molecule has 2 aromatic carbocycles. The van der Waals surface area contributed by atoms with E-state index in [1.807, 2.05) is 30.6 Å². The number of nitrogens with one attached hydrogen (secondary N) is 1. The third kappa shape index (κ3) is 4.02. The summed E-state index contributed by atoms with van der Waals surface area (Å²) in [6, 6.07) is 11.7. The van der Waals surface area contributed by atoms with Crippen molar-refractivity contribution in [2.75, 3.05) is 26.2 Å². The maximum atomic E-state index is 14.1. The van der Waals surface area contributed by atoms with Crippen molar-refractivity contribution in [3.63, 3.8) is 0 Å². The normalized spacial score (nSPS) is 22.3. The molecule has 31 heavy (non-hydrogen) atoms. The molecule has 0 saturated carbocycles. The molecule has 1 saturated heterocycles. The van der Waals surface area contributed by atoms with Crippen LogP contribution >= 0.6 is 12.2 Å². The minimum Gasteiger partial charge on any atom is -0.361 e. The smallest absolute Gasteiger partial charge is 0.169 e. The predicted molar refractivity (Wildman–Crippen MR) is 121 cm³/mol. The van der Waals surface area contributed by atoms with Crippen molar-refractivity contribution in [1.82, 2.24) is 20.0 Å². The van der Waals surface area contributed by atoms with Gasteiger partial charge in [0.05, 0.1) is 6.04 Å². The largest absolute Gasteiger partial charge is 0.361 e. The van der Waals surface area contributed by atoms with Crippen LogP contribution < -0.4 is 5.32 Å². The van der Waals surface area contributed by atoms with Gasteiger partial charge in [-0.15, -0.1) is 0 Å². The fourth-order valence-corrected chi connectivity index (χ4v) is 4.95. The molecule has 1 N–H and O–H groups in total. The molecule has 4 nitrogen and oxygen atoms in total. The quantitative estimate of drug-likeness (QED) is 0.701. The minimum atomic E-state index is -0.245. The Bertz CT molecular complexity index is 1020. The van der Waals surface area contributed by atoms with E-state index in [2.05, 4.69) is 32.4 Å². The summed E-state index contributed by atoms with van der Waals surface area (Å²) in [5, 5.41) is 4.00. The molecule has 0 spiro atoms. The zero-order chi connectivity index (χ0) is 21.4. The van der Waals surface area contributed by atoms with Crippen LogP contribution in [0.5, 0.6) is 0 Å². The van der Waals surface area contributed by atoms with E-state index >= 15 is 0 Å². The van der Waals surface area contributed by atoms with Gasteiger partial charge in [0.25, 0.3) is 0 Å². The Morgan fingerprint density at radius 2 is 1.65 bits per heavy atom. The van der Waals surface area contributed by atoms with Gasteiger partial charge in [0, 0.05) is 56.9 Å². The van der Waals surface area contributed by atoms with Crippen molar-refractivity contribution in [3.05, 3.63) is 95.6 Å². The van der Waals surface area contributed by atoms with Crippen LogP contribution in [0, 0.1) is 11.6 Å². The van der Waals surface area contributed by atoms with Crippen molar-refractivity contribution >= 4 is 17.3 Å². The van der Waals surface area contributed by atoms with Crippen LogP contribution in [0.2, 0.25) is 0 Å². The van der Waals surface area contributed by atoms with Crippen LogP contribution in [0.1, 0.15) is 35.1 Å². The van der Waals surface area contributed by atoms with Crippen LogP contribution in [0.3, 0.4) is 0 Å². The number of rotatable bonds is 5. The van der Waals surface area contributed by atoms with E-state index in [0.717, 1.165) is 54.4 Å². The zero-order valence-corrected chi connectivity index (χ0v) is 17.9. The van der Waals surface area contributed by atoms with E-state index in [1.165, 1.54) is 18.2 Å². The van der Waals surface area contributed by atoms with Crippen LogP contribution in [0.25, 0.3) is 0 Å². The first-order valence-corrected chi connectivity index (χ1v) is 11.0. The molecule has 160 valence electrons. The molecular weight excluding hydrogens is 414 g/mol. The van der Waals surface area contributed by atoms with E-state index in [0.29, 0.717) is 0 Å². The molecule has 2 aromatic rings. The van der Waals surface area contributed by atoms with Gasteiger partial charge in [-0.2, -0.15) is 0 Å². The molecule has 0 radical (unpaired) electrons. The van der Waals surface area contributed by atoms with E-state index in [9.17, 15) is 8.78 Å². The van der Waals surface area contributed by atoms with Crippen LogP contribution in [-0.2, 0) is 0 Å². The van der Waals surface area contributed by atoms with Gasteiger partial charge in [-0.25, -0.2) is 8.78 Å². The number of hydrogen-bond acceptors (Lipinski definition) is 3. The Balaban J connectivity index is 1.31. The van der Waals surface area contributed by atoms with Gasteiger partial charge in [0.15, 0.2) is 5.11 Å². The first-order chi connectivity index (χ1) is 15.1. The summed E-state index contributed by atoms with van der Waals surface area (Å²) in [5.74, 6) is -0.361. The molecule has 0 amide bonds. The average Bonchev–Trinajstić information content (AvgIpc) is 3.36. The van der Waals surface area contributed by atoms with E-state index in [-0.39, 0.29) is 23.6 Å². The third-order valence-corrected chi connectivity index (χ3v) is 6.71. The highest BCUT2D eigenvalue weighted by atomic mass is 32.1. The summed E-state index contributed by atoms with van der Waals surface area (Å²) in [4.78, 5) is 6.45. The molecule has 7 heteroatoms. The van der Waals surface area contributed by atoms with Gasteiger partial charge in [0.1, 0.15) is 11.6 Å². The molecule has 2 heterocycles. The number of hydrogen-bond donors (Lipinski definition) is 1. The Morgan fingerprint density at radius 3 is 2.35 bits per heavy atom. The summed E-state index contributed by atoms with van der Waals surface area (Å²) in [6.07, 6.45) is 9.01. The third-order valence-electron chi connectivity index (χ3n) is 6.31. The van der Waals surface area contributed by atoms with Crippen molar-refractivity contribution in [2.45, 2.75) is 18.4 Å². The lowest BCUT2D eigenvalue weighted by Gasteiger charge is -2.31. The molecule has 0 aromatic heterocycles. The lowest BCUT2D eigenvalue weighted by atomic mass is 9.93. The number of benzene rings is 2. The number of thiocarbonyl (C=S) groups is 1. The molecule has 0 unspecified atom stereocenters. The second-order valence-electron chi connectivity index (χ2n) is 8.13. The van der Waals surface area contributed by atoms with Gasteiger partial charge >= 0.3 is 0 Å². The molecule has 1 fully saturated rings. The molecule has 2 aliphatic heterocycles. The van der Waals surface area contributed by atoms with Crippen molar-refractivity contribution in [1.29, 1.82) is 0 Å². The zero-order valence-electron chi connectivity index (χ0n) is 17.0. The Labute approximate surface area is 186 Å². The monoisotopic (exact) mass is 438 g/mol. The van der Waals surface area contributed by atoms with Crippen molar-refractivity contribution in [3.8, 4) is 0 Å². The highest BCUT2D eigenvalue weighted by Crippen LogP contribution is 2.47. The predicted octanol–water partition coefficient (Wildman–Crippen LogP) is 4.29. The molecule has 3 aliphatic rings. The topological polar surface area (TPSA) is 21.8 Å². The first-order valence-electron chi connectivity index (χ1n) is 10.6. The van der Waals surface area contributed by atoms with Gasteiger partial charge in [0.2, 0.25) is 0 Å². The second kappa shape index (κ2) is 8.30. The fraction of sp³-hybridized carbons (Fsp3) is 0.292. The van der Waals surface area contributed by atoms with E-state index in [1.54, 1.807) is 6.07 Å². The average molecular weight is 439 g/mol. The standard InChI is InChI=1S/C24H24F2N4S/c25-18-3-1-17(2-4-18)21-16-23(22-15-19(26)5-6-20(21)22)29-12-9-28(10-13-29)11-14-30-8-7-27-24(30)31/h1-6,9-10,12-13,15,21,23H,7-8,11,14,16H2,(H,27,31)/t21-,23+/m0/s1. The Kier molecular flexibility index (Phi) is 5.36. The molecule has 1 aliphatic carbocycles. The highest BCUT2D eigenvalue weighted by molar-refractivity contribution is 7.80. The number of nitrogens with zero attached hydrogens (tertiary/aromatic N) is 3. The summed E-state index contributed by atoms with van der Waals surface area (Å²) in [7, 11) is 0. The highest BCUT2D eigenvalue weighted by Gasteiger charge is 2.35. The maximum absolute atomic E-state index is 14.1.